The molecule has 9 N–H and O–H groups in total. The third-order valence-electron chi connectivity index (χ3n) is 21.2. The van der Waals surface area contributed by atoms with Gasteiger partial charge in [-0.3, -0.25) is 4.79 Å². The zero-order chi connectivity index (χ0) is 70.1. The minimum Gasteiger partial charge on any atom is -0.394 e. The molecule has 14 heteroatoms. The van der Waals surface area contributed by atoms with Crippen molar-refractivity contribution in [1.82, 2.24) is 5.32 Å². The summed E-state index contributed by atoms with van der Waals surface area (Å²) in [5.41, 5.74) is 0. The van der Waals surface area contributed by atoms with Crippen LogP contribution in [0.5, 0.6) is 0 Å². The Morgan fingerprint density at radius 2 is 0.649 bits per heavy atom. The van der Waals surface area contributed by atoms with Crippen molar-refractivity contribution in [3.63, 3.8) is 0 Å². The molecular weight excluding hydrogens is 1220 g/mol. The van der Waals surface area contributed by atoms with Gasteiger partial charge in [-0.1, -0.05) is 386 Å². The number of carbonyl (C=O) groups excluding carboxylic acids is 1. The van der Waals surface area contributed by atoms with Crippen molar-refractivity contribution in [2.45, 2.75) is 492 Å². The summed E-state index contributed by atoms with van der Waals surface area (Å²) in [5.74, 6) is -0.195. The number of aliphatic hydroxyl groups is 8. The fourth-order valence-electron chi connectivity index (χ4n) is 14.5. The third kappa shape index (κ3) is 50.7. The second kappa shape index (κ2) is 67.9. The normalized spacial score (nSPS) is 22.1. The lowest BCUT2D eigenvalue weighted by atomic mass is 9.97. The maximum Gasteiger partial charge on any atom is 0.220 e. The van der Waals surface area contributed by atoms with E-state index in [1.807, 2.05) is 0 Å². The summed E-state index contributed by atoms with van der Waals surface area (Å²) in [6, 6.07) is -0.826. The molecule has 12 unspecified atom stereocenters. The van der Waals surface area contributed by atoms with Crippen molar-refractivity contribution in [3.05, 3.63) is 12.2 Å². The second-order valence-electron chi connectivity index (χ2n) is 30.3. The van der Waals surface area contributed by atoms with Crippen molar-refractivity contribution >= 4 is 5.91 Å². The quantitative estimate of drug-likeness (QED) is 0.0204. The average Bonchev–Trinajstić information content (AvgIpc) is 0.794. The molecule has 0 aromatic rings. The van der Waals surface area contributed by atoms with Crippen molar-refractivity contribution < 1.29 is 64.6 Å². The Balaban J connectivity index is 1.53. The Kier molecular flexibility index (Phi) is 64.2. The summed E-state index contributed by atoms with van der Waals surface area (Å²) in [5, 5.41) is 87.9. The van der Waals surface area contributed by atoms with E-state index in [0.29, 0.717) is 12.8 Å². The predicted octanol–water partition coefficient (Wildman–Crippen LogP) is 19.6. The van der Waals surface area contributed by atoms with Gasteiger partial charge in [-0.15, -0.1) is 0 Å². The molecule has 576 valence electrons. The van der Waals surface area contributed by atoms with Crippen molar-refractivity contribution in [1.29, 1.82) is 0 Å². The number of unbranched alkanes of at least 4 members (excludes halogenated alkanes) is 58. The van der Waals surface area contributed by atoms with E-state index in [0.717, 1.165) is 51.4 Å². The van der Waals surface area contributed by atoms with Gasteiger partial charge in [0.2, 0.25) is 5.91 Å². The topological polar surface area (TPSA) is 228 Å². The van der Waals surface area contributed by atoms with Gasteiger partial charge in [0.25, 0.3) is 0 Å². The molecule has 0 aliphatic carbocycles. The van der Waals surface area contributed by atoms with Gasteiger partial charge >= 0.3 is 0 Å². The number of hydrogen-bond acceptors (Lipinski definition) is 13. The van der Waals surface area contributed by atoms with Crippen LogP contribution in [-0.4, -0.2) is 140 Å². The second-order valence-corrected chi connectivity index (χ2v) is 30.3. The molecule has 1 amide bonds. The average molecular weight is 1380 g/mol. The van der Waals surface area contributed by atoms with E-state index in [1.54, 1.807) is 0 Å². The highest BCUT2D eigenvalue weighted by Gasteiger charge is 2.51. The molecule has 2 saturated heterocycles. The lowest BCUT2D eigenvalue weighted by Crippen LogP contribution is -2.65. The van der Waals surface area contributed by atoms with Crippen LogP contribution in [0, 0.1) is 0 Å². The first-order chi connectivity index (χ1) is 47.6. The van der Waals surface area contributed by atoms with E-state index in [2.05, 4.69) is 31.3 Å². The number of carbonyl (C=O) groups is 1. The van der Waals surface area contributed by atoms with Gasteiger partial charge in [-0.05, 0) is 38.5 Å². The summed E-state index contributed by atoms with van der Waals surface area (Å²) in [6.45, 7) is 2.94. The Hall–Kier alpha value is -1.27. The van der Waals surface area contributed by atoms with Crippen LogP contribution >= 0.6 is 0 Å². The number of allylic oxidation sites excluding steroid dienone is 2. The molecule has 0 spiro atoms. The molecule has 2 fully saturated rings. The summed E-state index contributed by atoms with van der Waals surface area (Å²) >= 11 is 0. The zero-order valence-corrected chi connectivity index (χ0v) is 63.4. The lowest BCUT2D eigenvalue weighted by molar-refractivity contribution is -0.359. The van der Waals surface area contributed by atoms with Crippen LogP contribution in [0.4, 0.5) is 0 Å². The van der Waals surface area contributed by atoms with E-state index >= 15 is 0 Å². The lowest BCUT2D eigenvalue weighted by Gasteiger charge is -2.46. The molecular formula is C83H161NO13. The van der Waals surface area contributed by atoms with Crippen molar-refractivity contribution in [2.75, 3.05) is 19.8 Å². The molecule has 2 heterocycles. The van der Waals surface area contributed by atoms with Crippen LogP contribution < -0.4 is 5.32 Å². The predicted molar refractivity (Wildman–Crippen MR) is 402 cm³/mol. The molecule has 97 heavy (non-hydrogen) atoms. The number of hydrogen-bond donors (Lipinski definition) is 9. The molecule has 2 rings (SSSR count). The SMILES string of the molecule is CCCCCCCCCC/C=C\CCCCCCCCCCCCCCCCCCCCCCCCCCCCCCCC(=O)NC(COC1OC(CO)C(OC2OC(CO)C(O)C(O)C2O)C(O)C1O)C(O)CCCCCCCCCCCCCCCCCCCCCCCC. The highest BCUT2D eigenvalue weighted by atomic mass is 16.7. The van der Waals surface area contributed by atoms with Gasteiger partial charge in [0.1, 0.15) is 48.8 Å². The van der Waals surface area contributed by atoms with Crippen LogP contribution in [0.3, 0.4) is 0 Å². The molecule has 14 nitrogen and oxygen atoms in total. The van der Waals surface area contributed by atoms with Crippen LogP contribution in [0.25, 0.3) is 0 Å². The first-order valence-electron chi connectivity index (χ1n) is 42.4. The number of aliphatic hydroxyl groups excluding tert-OH is 8. The largest absolute Gasteiger partial charge is 0.394 e. The van der Waals surface area contributed by atoms with E-state index < -0.39 is 86.8 Å². The third-order valence-corrected chi connectivity index (χ3v) is 21.2. The maximum atomic E-state index is 13.4. The van der Waals surface area contributed by atoms with E-state index in [-0.39, 0.29) is 12.5 Å². The zero-order valence-electron chi connectivity index (χ0n) is 63.4. The van der Waals surface area contributed by atoms with Gasteiger partial charge in [-0.2, -0.15) is 0 Å². The summed E-state index contributed by atoms with van der Waals surface area (Å²) in [7, 11) is 0. The van der Waals surface area contributed by atoms with Gasteiger partial charge in [0.15, 0.2) is 12.6 Å². The first kappa shape index (κ1) is 91.8. The Morgan fingerprint density at radius 1 is 0.361 bits per heavy atom. The molecule has 12 atom stereocenters. The smallest absolute Gasteiger partial charge is 0.220 e. The van der Waals surface area contributed by atoms with E-state index in [1.165, 1.54) is 340 Å². The van der Waals surface area contributed by atoms with Crippen molar-refractivity contribution in [2.24, 2.45) is 0 Å². The van der Waals surface area contributed by atoms with Crippen LogP contribution in [0.15, 0.2) is 12.2 Å². The number of nitrogens with one attached hydrogen (secondary N) is 1. The first-order valence-corrected chi connectivity index (χ1v) is 42.4. The summed E-state index contributed by atoms with van der Waals surface area (Å²) in [6.07, 6.45) is 70.0. The molecule has 2 aliphatic rings. The van der Waals surface area contributed by atoms with Gasteiger partial charge in [0.05, 0.1) is 32.0 Å². The standard InChI is InChI=1S/C83H161NO13/c1-3-5-7-9-11-13-15-17-19-21-23-25-27-28-29-30-31-32-33-34-35-36-37-38-39-40-41-42-43-44-45-47-49-51-53-55-57-59-61-63-65-67-75(88)84-71(70-94-82-80(93)78(91)81(74(69-86)96-82)97-83-79(92)77(90)76(89)73(68-85)95-83)72(87)66-64-62-60-58-56-54-52-50-48-46-26-24-22-20-18-16-14-12-10-8-6-4-2/h21,23,71-74,76-83,85-87,89-93H,3-20,22,24-70H2,1-2H3,(H,84,88)/b23-21-. The molecule has 0 bridgehead atoms. The van der Waals surface area contributed by atoms with Crippen LogP contribution in [0.2, 0.25) is 0 Å². The summed E-state index contributed by atoms with van der Waals surface area (Å²) in [4.78, 5) is 13.4. The highest BCUT2D eigenvalue weighted by Crippen LogP contribution is 2.31. The molecule has 0 aromatic carbocycles. The molecule has 0 aromatic heterocycles. The Labute approximate surface area is 596 Å². The molecule has 0 saturated carbocycles. The van der Waals surface area contributed by atoms with Gasteiger partial charge in [-0.25, -0.2) is 0 Å². The molecule has 0 radical (unpaired) electrons. The van der Waals surface area contributed by atoms with Crippen LogP contribution in [-0.2, 0) is 23.7 Å². The highest BCUT2D eigenvalue weighted by molar-refractivity contribution is 5.76. The Bertz CT molecular complexity index is 1680. The van der Waals surface area contributed by atoms with E-state index in [4.69, 9.17) is 18.9 Å². The Morgan fingerprint density at radius 3 is 0.979 bits per heavy atom. The number of amides is 1. The fourth-order valence-corrected chi connectivity index (χ4v) is 14.5. The fraction of sp³-hybridized carbons (Fsp3) is 0.964. The number of ether oxygens (including phenoxy) is 4. The monoisotopic (exact) mass is 1380 g/mol. The molecule has 2 aliphatic heterocycles. The maximum absolute atomic E-state index is 13.4. The van der Waals surface area contributed by atoms with Gasteiger partial charge in [0, 0.05) is 6.42 Å². The van der Waals surface area contributed by atoms with E-state index in [9.17, 15) is 45.6 Å². The van der Waals surface area contributed by atoms with Gasteiger partial charge < -0.3 is 65.1 Å². The van der Waals surface area contributed by atoms with Crippen molar-refractivity contribution in [3.8, 4) is 0 Å². The minimum absolute atomic E-state index is 0.195. The minimum atomic E-state index is -1.78. The number of rotatable bonds is 73. The summed E-state index contributed by atoms with van der Waals surface area (Å²) < 4.78 is 23.0. The van der Waals surface area contributed by atoms with Crippen LogP contribution in [0.1, 0.15) is 418 Å².